The van der Waals surface area contributed by atoms with Gasteiger partial charge in [0.05, 0.1) is 53.9 Å². The second-order valence-corrected chi connectivity index (χ2v) is 42.9. The lowest BCUT2D eigenvalue weighted by molar-refractivity contribution is 0.0505. The molecule has 704 valence electrons. The van der Waals surface area contributed by atoms with Crippen molar-refractivity contribution in [3.63, 3.8) is 0 Å². The van der Waals surface area contributed by atoms with Crippen LogP contribution >= 0.6 is 12.6 Å². The van der Waals surface area contributed by atoms with Gasteiger partial charge in [-0.2, -0.15) is 12.6 Å². The summed E-state index contributed by atoms with van der Waals surface area (Å²) in [7, 11) is 2.97. The minimum absolute atomic E-state index is 0.00608. The number of carbonyl (C=O) groups excluding carboxylic acids is 4. The maximum absolute atomic E-state index is 14.2. The van der Waals surface area contributed by atoms with Gasteiger partial charge in [0.1, 0.15) is 37.9 Å². The number of hydrogen-bond donors (Lipinski definition) is 1. The molecule has 20 nitrogen and oxygen atoms in total. The van der Waals surface area contributed by atoms with E-state index in [9.17, 15) is 19.2 Å². The topological polar surface area (TPSA) is 180 Å². The van der Waals surface area contributed by atoms with Crippen molar-refractivity contribution in [3.05, 3.63) is 282 Å². The number of para-hydroxylation sites is 4. The predicted octanol–water partition coefficient (Wildman–Crippen LogP) is 20.1. The molecule has 8 heterocycles. The lowest BCUT2D eigenvalue weighted by Crippen LogP contribution is -2.43. The summed E-state index contributed by atoms with van der Waals surface area (Å²) in [6, 6.07) is 62.5. The van der Waals surface area contributed by atoms with Gasteiger partial charge in [0.25, 0.3) is 23.6 Å². The number of carbonyl (C=O) groups is 4. The Morgan fingerprint density at radius 3 is 0.970 bits per heavy atom. The minimum Gasteiger partial charge on any atom is -0.493 e. The van der Waals surface area contributed by atoms with Gasteiger partial charge in [0, 0.05) is 129 Å². The van der Waals surface area contributed by atoms with E-state index in [2.05, 4.69) is 161 Å². The summed E-state index contributed by atoms with van der Waals surface area (Å²) in [6.07, 6.45) is 14.2. The van der Waals surface area contributed by atoms with E-state index in [-0.39, 0.29) is 80.0 Å². The molecule has 0 aromatic heterocycles. The monoisotopic (exact) mass is 1860 g/mol. The first-order valence-corrected chi connectivity index (χ1v) is 50.9. The highest BCUT2D eigenvalue weighted by Crippen LogP contribution is 2.47. The highest BCUT2D eigenvalue weighted by Gasteiger charge is 2.43. The molecule has 8 aliphatic rings. The van der Waals surface area contributed by atoms with Gasteiger partial charge < -0.3 is 76.8 Å². The van der Waals surface area contributed by atoms with Crippen molar-refractivity contribution in [3.8, 4) is 34.5 Å². The molecule has 0 radical (unpaired) electrons. The molecule has 0 N–H and O–H groups in total. The molecule has 8 aliphatic heterocycles. The van der Waals surface area contributed by atoms with E-state index >= 15 is 0 Å². The van der Waals surface area contributed by atoms with Crippen LogP contribution < -0.4 is 57.8 Å². The Bertz CT molecular complexity index is 6010. The quantitative estimate of drug-likeness (QED) is 0.0287. The van der Waals surface area contributed by atoms with E-state index in [1.54, 1.807) is 14.2 Å². The highest BCUT2D eigenvalue weighted by atomic mass is 32.8. The Morgan fingerprint density at radius 2 is 0.664 bits per heavy atom. The van der Waals surface area contributed by atoms with E-state index in [0.717, 1.165) is 222 Å². The van der Waals surface area contributed by atoms with Crippen LogP contribution in [0.5, 0.6) is 34.5 Å². The molecule has 0 fully saturated rings. The van der Waals surface area contributed by atoms with Crippen molar-refractivity contribution in [2.45, 2.75) is 205 Å². The molecular formula is C111H128N6O14S3. The van der Waals surface area contributed by atoms with E-state index in [0.29, 0.717) is 107 Å². The lowest BCUT2D eigenvalue weighted by Gasteiger charge is -2.35. The third-order valence-electron chi connectivity index (χ3n) is 27.4. The summed E-state index contributed by atoms with van der Waals surface area (Å²) < 4.78 is 61.7. The molecule has 23 heteroatoms. The van der Waals surface area contributed by atoms with Crippen molar-refractivity contribution in [1.82, 2.24) is 0 Å². The van der Waals surface area contributed by atoms with E-state index < -0.39 is 0 Å². The van der Waals surface area contributed by atoms with Crippen LogP contribution in [0.4, 0.5) is 34.1 Å². The van der Waals surface area contributed by atoms with Gasteiger partial charge in [0.15, 0.2) is 23.0 Å². The number of aryl methyl sites for hydroxylation is 6. The smallest absolute Gasteiger partial charge is 0.258 e. The van der Waals surface area contributed by atoms with Gasteiger partial charge in [-0.05, 0) is 325 Å². The number of nitrogens with zero attached hydrogens (tertiary/aromatic N) is 6. The average Bonchev–Trinajstić information content (AvgIpc) is 1.63. The van der Waals surface area contributed by atoms with Crippen LogP contribution in [0.15, 0.2) is 182 Å². The van der Waals surface area contributed by atoms with Gasteiger partial charge in [-0.25, -0.2) is 0 Å². The highest BCUT2D eigenvalue weighted by molar-refractivity contribution is 8.29. The maximum Gasteiger partial charge on any atom is 0.258 e. The Morgan fingerprint density at radius 1 is 0.373 bits per heavy atom. The number of rotatable bonds is 37. The SMILES string of the molecule is CCCOCCOCCN(CC(C)(C)S(C)=S)c1cc(COc2cc3c(cc2C)C(=O)N2c4ccccc4C[C@H]2CC3)cc(COc2cc3c(cc2OC)C(=O)N2c4ccccc4C[C@H]2CC3)c1.CCCOCCOCCN(CC(C)(C)S)c1cc(COc2cc3c(cc2C)C(=O)N2c4ccccc4C[C@H]2CC3)cc(COc2cc3c(cc2OC)C(=O)N2c4ccccc4C[C@H]2CC3)c1. The summed E-state index contributed by atoms with van der Waals surface area (Å²) in [4.78, 5) is 69.4. The molecular weight excluding hydrogens is 1740 g/mol. The standard InChI is InChI=1S/C56H65N3O7S2.C55H63N3O7S/c1-7-21-63-23-24-64-22-20-57(36-56(3,4)68(6)67)46-27-38(34-65-51-31-40-16-18-44-29-42-12-8-10-14-49(42)58(44)54(60)47(40)25-37(51)2)26-39(28-46)35-66-53-32-41-17-19-45-30-43-13-9-11-15-50(43)59(45)55(61)48(41)33-52(53)62-5;1-6-20-62-22-23-63-21-19-56(35-55(3,4)66)45-26-37(33-64-50-30-39-15-17-43-28-41-11-7-9-13-48(41)57(43)53(59)46(39)24-36(50)2)25-38(27-45)34-65-52-31-40-16-18-44-29-42-12-8-10-14-49(42)58(44)54(60)47(40)32-51(52)61-5/h8-15,25-28,31-33,44-45H,7,16-24,29-30,34-36H2,1-6H3;7-14,24-27,30-32,43-44,66H,6,15-23,28-29,33-35H2,1-5H3/t44-,45-,68?;43-,44-/m11/s1. The third kappa shape index (κ3) is 21.2. The molecule has 0 aliphatic carbocycles. The molecule has 0 bridgehead atoms. The predicted molar refractivity (Wildman–Crippen MR) is 541 cm³/mol. The third-order valence-corrected chi connectivity index (χ3v) is 30.6. The number of ether oxygens (including phenoxy) is 10. The fourth-order valence-corrected chi connectivity index (χ4v) is 21.2. The second-order valence-electron chi connectivity index (χ2n) is 38.2. The van der Waals surface area contributed by atoms with E-state index in [4.69, 9.17) is 71.2 Å². The number of methoxy groups -OCH3 is 2. The normalized spacial score (nSPS) is 17.4. The Kier molecular flexibility index (Phi) is 29.9. The molecule has 18 rings (SSSR count). The first-order chi connectivity index (χ1) is 64.9. The summed E-state index contributed by atoms with van der Waals surface area (Å²) >= 11 is 10.9. The van der Waals surface area contributed by atoms with E-state index in [1.165, 1.54) is 22.3 Å². The maximum atomic E-state index is 14.2. The summed E-state index contributed by atoms with van der Waals surface area (Å²) in [5.74, 6) is 3.93. The molecule has 0 saturated heterocycles. The summed E-state index contributed by atoms with van der Waals surface area (Å²) in [6.45, 7) is 25.5. The van der Waals surface area contributed by atoms with Gasteiger partial charge in [-0.3, -0.25) is 19.2 Å². The second kappa shape index (κ2) is 42.2. The first-order valence-electron chi connectivity index (χ1n) is 47.9. The molecule has 5 atom stereocenters. The van der Waals surface area contributed by atoms with Crippen LogP contribution in [0.2, 0.25) is 0 Å². The number of thiol groups is 1. The van der Waals surface area contributed by atoms with Crippen molar-refractivity contribution in [2.75, 3.05) is 129 Å². The Labute approximate surface area is 803 Å². The number of anilines is 6. The number of hydrogen-bond acceptors (Lipinski definition) is 18. The Balaban J connectivity index is 0.000000187. The zero-order chi connectivity index (χ0) is 93.5. The van der Waals surface area contributed by atoms with Crippen molar-refractivity contribution >= 4 is 91.0 Å². The average molecular weight is 1870 g/mol. The van der Waals surface area contributed by atoms with Gasteiger partial charge >= 0.3 is 0 Å². The summed E-state index contributed by atoms with van der Waals surface area (Å²) in [5, 5.41) is 0. The van der Waals surface area contributed by atoms with Crippen LogP contribution in [-0.4, -0.2) is 157 Å². The molecule has 10 aromatic carbocycles. The Hall–Kier alpha value is -10.8. The van der Waals surface area contributed by atoms with Crippen molar-refractivity contribution in [1.29, 1.82) is 0 Å². The summed E-state index contributed by atoms with van der Waals surface area (Å²) in [5.41, 5.74) is 23.6. The van der Waals surface area contributed by atoms with Crippen LogP contribution in [-0.2, 0) is 117 Å². The van der Waals surface area contributed by atoms with Crippen LogP contribution in [0.3, 0.4) is 0 Å². The molecule has 1 unspecified atom stereocenters. The number of amides is 4. The largest absolute Gasteiger partial charge is 0.493 e. The number of benzene rings is 10. The fraction of sp³-hybridized carbons (Fsp3) is 0.423. The molecule has 0 saturated carbocycles. The zero-order valence-electron chi connectivity index (χ0n) is 79.5. The molecule has 134 heavy (non-hydrogen) atoms. The first kappa shape index (κ1) is 95.0. The van der Waals surface area contributed by atoms with Crippen molar-refractivity contribution < 1.29 is 66.5 Å². The number of fused-ring (bicyclic) bond motifs is 16. The lowest BCUT2D eigenvalue weighted by atomic mass is 9.98. The van der Waals surface area contributed by atoms with Crippen LogP contribution in [0.1, 0.15) is 199 Å². The van der Waals surface area contributed by atoms with Crippen LogP contribution in [0, 0.1) is 13.8 Å². The zero-order valence-corrected chi connectivity index (χ0v) is 82.0. The van der Waals surface area contributed by atoms with E-state index in [1.807, 2.05) is 112 Å². The van der Waals surface area contributed by atoms with Gasteiger partial charge in [0.2, 0.25) is 0 Å². The molecule has 10 aromatic rings. The van der Waals surface area contributed by atoms with Gasteiger partial charge in [-0.1, -0.05) is 97.8 Å². The van der Waals surface area contributed by atoms with Crippen LogP contribution in [0.25, 0.3) is 0 Å². The molecule has 4 amide bonds. The fourth-order valence-electron chi connectivity index (χ4n) is 20.5. The minimum atomic E-state index is -0.301. The molecule has 0 spiro atoms. The van der Waals surface area contributed by atoms with Gasteiger partial charge in [-0.15, -0.1) is 9.45 Å². The van der Waals surface area contributed by atoms with Crippen molar-refractivity contribution in [2.24, 2.45) is 0 Å².